The summed E-state index contributed by atoms with van der Waals surface area (Å²) in [5.41, 5.74) is 5.38. The highest BCUT2D eigenvalue weighted by atomic mass is 16.4. The summed E-state index contributed by atoms with van der Waals surface area (Å²) in [5.74, 6) is 0.360. The van der Waals surface area contributed by atoms with Gasteiger partial charge < -0.3 is 10.8 Å². The molecule has 0 heterocycles. The van der Waals surface area contributed by atoms with E-state index in [2.05, 4.69) is 6.92 Å². The molecule has 0 aliphatic heterocycles. The van der Waals surface area contributed by atoms with Gasteiger partial charge in [-0.3, -0.25) is 4.79 Å². The van der Waals surface area contributed by atoms with Crippen LogP contribution in [0.5, 0.6) is 0 Å². The first-order valence-electron chi connectivity index (χ1n) is 4.09. The molecule has 3 nitrogen and oxygen atoms in total. The summed E-state index contributed by atoms with van der Waals surface area (Å²) in [5, 5.41) is 8.51. The van der Waals surface area contributed by atoms with E-state index in [1.807, 2.05) is 0 Å². The zero-order valence-electron chi connectivity index (χ0n) is 6.79. The van der Waals surface area contributed by atoms with Crippen molar-refractivity contribution in [2.24, 2.45) is 17.6 Å². The second-order valence-corrected chi connectivity index (χ2v) is 3.50. The van der Waals surface area contributed by atoms with Crippen molar-refractivity contribution in [1.29, 1.82) is 0 Å². The average molecular weight is 157 g/mol. The second kappa shape index (κ2) is 3.22. The first-order valence-corrected chi connectivity index (χ1v) is 4.09. The summed E-state index contributed by atoms with van der Waals surface area (Å²) < 4.78 is 0. The number of carboxylic acid groups (broad SMARTS) is 1. The maximum atomic E-state index is 10.4. The van der Waals surface area contributed by atoms with E-state index in [1.165, 1.54) is 12.8 Å². The Morgan fingerprint density at radius 1 is 1.73 bits per heavy atom. The van der Waals surface area contributed by atoms with Crippen LogP contribution in [0.2, 0.25) is 0 Å². The van der Waals surface area contributed by atoms with E-state index in [0.717, 1.165) is 5.92 Å². The molecule has 3 heteroatoms. The highest BCUT2D eigenvalue weighted by Crippen LogP contribution is 2.38. The van der Waals surface area contributed by atoms with Crippen molar-refractivity contribution in [1.82, 2.24) is 0 Å². The highest BCUT2D eigenvalue weighted by Gasteiger charge is 2.30. The number of nitrogens with two attached hydrogens (primary N) is 1. The van der Waals surface area contributed by atoms with Crippen LogP contribution in [0.15, 0.2) is 0 Å². The molecule has 0 amide bonds. The van der Waals surface area contributed by atoms with Crippen LogP contribution >= 0.6 is 0 Å². The summed E-state index contributed by atoms with van der Waals surface area (Å²) in [4.78, 5) is 10.4. The van der Waals surface area contributed by atoms with E-state index < -0.39 is 12.0 Å². The lowest BCUT2D eigenvalue weighted by Gasteiger charge is -2.12. The molecule has 0 bridgehead atoms. The lowest BCUT2D eigenvalue weighted by molar-refractivity contribution is -0.138. The van der Waals surface area contributed by atoms with Gasteiger partial charge in [0, 0.05) is 0 Å². The molecule has 2 atom stereocenters. The summed E-state index contributed by atoms with van der Waals surface area (Å²) in [6, 6.07) is -0.661. The lowest BCUT2D eigenvalue weighted by atomic mass is 9.98. The fraction of sp³-hybridized carbons (Fsp3) is 0.875. The lowest BCUT2D eigenvalue weighted by Crippen LogP contribution is -2.32. The predicted octanol–water partition coefficient (Wildman–Crippen LogP) is 0.834. The molecule has 0 radical (unpaired) electrons. The van der Waals surface area contributed by atoms with E-state index in [4.69, 9.17) is 10.8 Å². The van der Waals surface area contributed by atoms with E-state index in [9.17, 15) is 4.79 Å². The normalized spacial score (nSPS) is 22.7. The van der Waals surface area contributed by atoms with Crippen LogP contribution in [0.1, 0.15) is 26.2 Å². The molecule has 1 rings (SSSR count). The Kier molecular flexibility index (Phi) is 2.49. The van der Waals surface area contributed by atoms with Crippen molar-refractivity contribution in [3.05, 3.63) is 0 Å². The maximum absolute atomic E-state index is 10.4. The van der Waals surface area contributed by atoms with Crippen LogP contribution in [-0.4, -0.2) is 17.1 Å². The Morgan fingerprint density at radius 2 is 2.27 bits per heavy atom. The smallest absolute Gasteiger partial charge is 0.320 e. The van der Waals surface area contributed by atoms with Crippen LogP contribution in [0.4, 0.5) is 0 Å². The zero-order chi connectivity index (χ0) is 8.43. The molecule has 0 saturated heterocycles. The minimum Gasteiger partial charge on any atom is -0.480 e. The van der Waals surface area contributed by atoms with Gasteiger partial charge in [-0.15, -0.1) is 0 Å². The van der Waals surface area contributed by atoms with Gasteiger partial charge in [-0.25, -0.2) is 0 Å². The zero-order valence-corrected chi connectivity index (χ0v) is 6.79. The summed E-state index contributed by atoms with van der Waals surface area (Å²) in [6.45, 7) is 2.08. The summed E-state index contributed by atoms with van der Waals surface area (Å²) in [6.07, 6.45) is 3.14. The van der Waals surface area contributed by atoms with Gasteiger partial charge in [0.25, 0.3) is 0 Å². The minimum absolute atomic E-state index is 0.487. The number of carbonyl (C=O) groups is 1. The Labute approximate surface area is 66.6 Å². The van der Waals surface area contributed by atoms with E-state index in [1.54, 1.807) is 0 Å². The SMILES string of the molecule is CC(C[C@H](N)C(=O)O)C1CC1. The molecule has 0 aromatic heterocycles. The molecule has 1 unspecified atom stereocenters. The number of hydrogen-bond donors (Lipinski definition) is 2. The van der Waals surface area contributed by atoms with Gasteiger partial charge in [-0.05, 0) is 31.1 Å². The van der Waals surface area contributed by atoms with Gasteiger partial charge >= 0.3 is 5.97 Å². The van der Waals surface area contributed by atoms with E-state index in [-0.39, 0.29) is 0 Å². The van der Waals surface area contributed by atoms with Crippen molar-refractivity contribution in [2.75, 3.05) is 0 Å². The summed E-state index contributed by atoms with van der Waals surface area (Å²) >= 11 is 0. The third-order valence-corrected chi connectivity index (χ3v) is 2.37. The quantitative estimate of drug-likeness (QED) is 0.635. The molecule has 64 valence electrons. The molecule has 0 spiro atoms. The van der Waals surface area contributed by atoms with E-state index in [0.29, 0.717) is 12.3 Å². The van der Waals surface area contributed by atoms with Gasteiger partial charge in [0.2, 0.25) is 0 Å². The molecule has 0 aromatic carbocycles. The van der Waals surface area contributed by atoms with Gasteiger partial charge in [-0.2, -0.15) is 0 Å². The van der Waals surface area contributed by atoms with Crippen LogP contribution < -0.4 is 5.73 Å². The molecule has 11 heavy (non-hydrogen) atoms. The first-order chi connectivity index (χ1) is 5.11. The van der Waals surface area contributed by atoms with Crippen molar-refractivity contribution in [3.8, 4) is 0 Å². The summed E-state index contributed by atoms with van der Waals surface area (Å²) in [7, 11) is 0. The molecule has 1 saturated carbocycles. The number of aliphatic carboxylic acids is 1. The van der Waals surface area contributed by atoms with Gasteiger partial charge in [-0.1, -0.05) is 6.92 Å². The average Bonchev–Trinajstić information content (AvgIpc) is 2.67. The van der Waals surface area contributed by atoms with Crippen molar-refractivity contribution < 1.29 is 9.90 Å². The number of rotatable bonds is 4. The maximum Gasteiger partial charge on any atom is 0.320 e. The van der Waals surface area contributed by atoms with Crippen LogP contribution in [-0.2, 0) is 4.79 Å². The van der Waals surface area contributed by atoms with E-state index >= 15 is 0 Å². The monoisotopic (exact) mass is 157 g/mol. The van der Waals surface area contributed by atoms with Crippen molar-refractivity contribution >= 4 is 5.97 Å². The number of hydrogen-bond acceptors (Lipinski definition) is 2. The van der Waals surface area contributed by atoms with Gasteiger partial charge in [0.1, 0.15) is 6.04 Å². The minimum atomic E-state index is -0.877. The molecule has 0 aromatic rings. The predicted molar refractivity (Wildman–Crippen MR) is 42.1 cm³/mol. The molecule has 1 fully saturated rings. The Balaban J connectivity index is 2.22. The molecule has 3 N–H and O–H groups in total. The largest absolute Gasteiger partial charge is 0.480 e. The van der Waals surface area contributed by atoms with Crippen molar-refractivity contribution in [3.63, 3.8) is 0 Å². The Bertz CT molecular complexity index is 154. The first kappa shape index (κ1) is 8.53. The second-order valence-electron chi connectivity index (χ2n) is 3.50. The topological polar surface area (TPSA) is 63.3 Å². The van der Waals surface area contributed by atoms with Gasteiger partial charge in [0.05, 0.1) is 0 Å². The van der Waals surface area contributed by atoms with Crippen LogP contribution in [0, 0.1) is 11.8 Å². The Morgan fingerprint density at radius 3 is 2.64 bits per heavy atom. The van der Waals surface area contributed by atoms with Crippen LogP contribution in [0.3, 0.4) is 0 Å². The fourth-order valence-corrected chi connectivity index (χ4v) is 1.36. The van der Waals surface area contributed by atoms with Crippen LogP contribution in [0.25, 0.3) is 0 Å². The standard InChI is InChI=1S/C8H15NO2/c1-5(6-2-3-6)4-7(9)8(10)11/h5-7H,2-4,9H2,1H3,(H,10,11)/t5?,7-/m0/s1. The third kappa shape index (κ3) is 2.50. The number of carboxylic acids is 1. The third-order valence-electron chi connectivity index (χ3n) is 2.37. The Hall–Kier alpha value is -0.570. The highest BCUT2D eigenvalue weighted by molar-refractivity contribution is 5.73. The van der Waals surface area contributed by atoms with Crippen molar-refractivity contribution in [2.45, 2.75) is 32.2 Å². The molecule has 1 aliphatic rings. The van der Waals surface area contributed by atoms with Gasteiger partial charge in [0.15, 0.2) is 0 Å². The fourth-order valence-electron chi connectivity index (χ4n) is 1.36. The molecule has 1 aliphatic carbocycles. The molecular formula is C8H15NO2. The molecular weight excluding hydrogens is 142 g/mol.